The second-order valence-electron chi connectivity index (χ2n) is 11.5. The normalized spacial score (nSPS) is 19.8. The molecule has 1 saturated heterocycles. The minimum Gasteiger partial charge on any atom is -0.496 e. The van der Waals surface area contributed by atoms with Crippen molar-refractivity contribution >= 4 is 60.0 Å². The summed E-state index contributed by atoms with van der Waals surface area (Å²) < 4.78 is 43.2. The van der Waals surface area contributed by atoms with Crippen LogP contribution in [0.4, 0.5) is 11.8 Å². The van der Waals surface area contributed by atoms with E-state index in [-0.39, 0.29) is 37.0 Å². The monoisotopic (exact) mass is 736 g/mol. The van der Waals surface area contributed by atoms with Crippen LogP contribution in [-0.4, -0.2) is 67.9 Å². The van der Waals surface area contributed by atoms with Crippen LogP contribution < -0.4 is 25.6 Å². The third-order valence-electron chi connectivity index (χ3n) is 7.20. The van der Waals surface area contributed by atoms with E-state index in [1.165, 1.54) is 13.4 Å². The lowest BCUT2D eigenvalue weighted by molar-refractivity contribution is -0.148. The van der Waals surface area contributed by atoms with Crippen LogP contribution in [0.2, 0.25) is 5.02 Å². The molecule has 5 unspecified atom stereocenters. The number of anilines is 2. The molecule has 4 rings (SSSR count). The molecular weight excluding hydrogens is 695 g/mol. The van der Waals surface area contributed by atoms with Gasteiger partial charge in [-0.1, -0.05) is 37.3 Å². The quantitative estimate of drug-likeness (QED) is 0.0473. The molecule has 1 fully saturated rings. The highest BCUT2D eigenvalue weighted by molar-refractivity contribution is 7.82. The van der Waals surface area contributed by atoms with Crippen molar-refractivity contribution in [3.8, 4) is 5.75 Å². The first-order valence-electron chi connectivity index (χ1n) is 15.2. The summed E-state index contributed by atoms with van der Waals surface area (Å²) in [7, 11) is -1.71. The minimum absolute atomic E-state index is 0.0110. The van der Waals surface area contributed by atoms with Crippen LogP contribution in [-0.2, 0) is 34.5 Å². The second kappa shape index (κ2) is 17.3. The maximum absolute atomic E-state index is 13.3. The van der Waals surface area contributed by atoms with Gasteiger partial charge in [-0.3, -0.25) is 14.8 Å². The summed E-state index contributed by atoms with van der Waals surface area (Å²) in [5.41, 5.74) is 9.02. The molecule has 0 aliphatic carbocycles. The summed E-state index contributed by atoms with van der Waals surface area (Å²) in [5, 5.41) is 3.73. The largest absolute Gasteiger partial charge is 0.496 e. The number of nitrogen functional groups attached to an aromatic ring is 1. The number of nitrogens with one attached hydrogen (secondary N) is 3. The molecule has 0 bridgehead atoms. The summed E-state index contributed by atoms with van der Waals surface area (Å²) >= 11 is 6.08. The number of hydrogen-bond donors (Lipinski definition) is 4. The van der Waals surface area contributed by atoms with Gasteiger partial charge in [0.15, 0.2) is 17.0 Å². The van der Waals surface area contributed by atoms with E-state index in [1.54, 1.807) is 61.2 Å². The van der Waals surface area contributed by atoms with Gasteiger partial charge in [-0.05, 0) is 57.5 Å². The number of carbonyl (C=O) groups excluding carboxylic acids is 1. The molecule has 3 heterocycles. The molecular formula is C31H42ClN8O7PS. The molecule has 49 heavy (non-hydrogen) atoms. The third kappa shape index (κ3) is 10.2. The number of benzene rings is 1. The van der Waals surface area contributed by atoms with Crippen molar-refractivity contribution in [2.45, 2.75) is 52.0 Å². The maximum Gasteiger partial charge on any atom is 0.326 e. The van der Waals surface area contributed by atoms with Crippen LogP contribution in [0, 0.1) is 5.92 Å². The highest BCUT2D eigenvalue weighted by Gasteiger charge is 2.38. The third-order valence-corrected chi connectivity index (χ3v) is 9.34. The van der Waals surface area contributed by atoms with Gasteiger partial charge < -0.3 is 29.0 Å². The fourth-order valence-electron chi connectivity index (χ4n) is 4.80. The van der Waals surface area contributed by atoms with Gasteiger partial charge in [-0.15, -0.1) is 0 Å². The summed E-state index contributed by atoms with van der Waals surface area (Å²) in [4.78, 5) is 28.9. The molecule has 18 heteroatoms. The summed E-state index contributed by atoms with van der Waals surface area (Å²) in [6.07, 6.45) is 8.10. The number of nitrogens with two attached hydrogens (primary N) is 1. The first-order chi connectivity index (χ1) is 23.3. The molecule has 0 radical (unpaired) electrons. The Morgan fingerprint density at radius 2 is 2.04 bits per heavy atom. The Labute approximate surface area is 294 Å². The Hall–Kier alpha value is -3.63. The molecule has 15 nitrogen and oxygen atoms in total. The molecule has 0 saturated carbocycles. The standard InChI is InChI=1S/C31H42ClN8O7PS/c1-8-10-24(43-6)20(9-2)16-44-29(41)31(4,5)38-48(47-22-13-11-21(32)12-14-22)45-17-23-15-19(3)28(46-23)40-18-34-25-26(37-39-49(7)42)35-30(33)36-27(25)40/h8-14,18-19,23,28,38-39H,2,15-17H2,1,3-7H3,(H3,33,35,36,37)/b10-8-,24-20-. The van der Waals surface area contributed by atoms with E-state index in [4.69, 9.17) is 40.6 Å². The lowest BCUT2D eigenvalue weighted by Crippen LogP contribution is -2.46. The number of hydrazine groups is 1. The van der Waals surface area contributed by atoms with E-state index in [2.05, 4.69) is 36.9 Å². The van der Waals surface area contributed by atoms with Gasteiger partial charge in [0.2, 0.25) is 5.95 Å². The van der Waals surface area contributed by atoms with Gasteiger partial charge in [-0.25, -0.2) is 14.3 Å². The molecule has 2 aromatic heterocycles. The molecule has 5 atom stereocenters. The Morgan fingerprint density at radius 3 is 2.69 bits per heavy atom. The lowest BCUT2D eigenvalue weighted by Gasteiger charge is -2.29. The van der Waals surface area contributed by atoms with E-state index in [1.807, 2.05) is 19.9 Å². The van der Waals surface area contributed by atoms with Crippen LogP contribution in [0.25, 0.3) is 11.2 Å². The van der Waals surface area contributed by atoms with Crippen molar-refractivity contribution in [1.82, 2.24) is 29.4 Å². The SMILES string of the molecule is C=C/C(COC(=O)C(C)(C)NP(OCC1CC(C)C(n2cnc3c(NNS(C)=O)nc(N)nc32)O1)Oc1ccc(Cl)cc1)=C(\C=C/C)OC. The van der Waals surface area contributed by atoms with Crippen molar-refractivity contribution in [3.63, 3.8) is 0 Å². The van der Waals surface area contributed by atoms with Crippen molar-refractivity contribution in [2.24, 2.45) is 5.92 Å². The highest BCUT2D eigenvalue weighted by Crippen LogP contribution is 2.42. The number of carbonyl (C=O) groups is 1. The number of allylic oxidation sites excluding steroid dienone is 2. The van der Waals surface area contributed by atoms with Crippen molar-refractivity contribution in [2.75, 3.05) is 37.7 Å². The predicted octanol–water partition coefficient (Wildman–Crippen LogP) is 5.09. The highest BCUT2D eigenvalue weighted by atomic mass is 35.5. The summed E-state index contributed by atoms with van der Waals surface area (Å²) in [5.74, 6) is 0.831. The predicted molar refractivity (Wildman–Crippen MR) is 190 cm³/mol. The van der Waals surface area contributed by atoms with Crippen LogP contribution >= 0.6 is 20.1 Å². The molecule has 0 spiro atoms. The van der Waals surface area contributed by atoms with Gasteiger partial charge >= 0.3 is 14.5 Å². The van der Waals surface area contributed by atoms with E-state index in [0.29, 0.717) is 39.7 Å². The van der Waals surface area contributed by atoms with Crippen molar-refractivity contribution < 1.29 is 32.3 Å². The van der Waals surface area contributed by atoms with Gasteiger partial charge in [-0.2, -0.15) is 14.8 Å². The van der Waals surface area contributed by atoms with Gasteiger partial charge in [0.1, 0.15) is 40.9 Å². The van der Waals surface area contributed by atoms with E-state index in [9.17, 15) is 9.00 Å². The molecule has 1 aromatic carbocycles. The average molecular weight is 737 g/mol. The molecule has 3 aromatic rings. The molecule has 266 valence electrons. The zero-order valence-electron chi connectivity index (χ0n) is 28.1. The Balaban J connectivity index is 1.47. The van der Waals surface area contributed by atoms with Crippen molar-refractivity contribution in [3.05, 3.63) is 71.8 Å². The first-order valence-corrected chi connectivity index (χ1v) is 18.3. The minimum atomic E-state index is -1.89. The number of ether oxygens (including phenoxy) is 3. The number of nitrogens with zero attached hydrogens (tertiary/aromatic N) is 4. The van der Waals surface area contributed by atoms with Crippen LogP contribution in [0.3, 0.4) is 0 Å². The fraction of sp³-hybridized carbons (Fsp3) is 0.419. The van der Waals surface area contributed by atoms with Crippen LogP contribution in [0.5, 0.6) is 5.75 Å². The van der Waals surface area contributed by atoms with E-state index < -0.39 is 37.2 Å². The molecule has 5 N–H and O–H groups in total. The number of rotatable bonds is 17. The maximum atomic E-state index is 13.3. The number of imidazole rings is 1. The number of hydrogen-bond acceptors (Lipinski definition) is 13. The summed E-state index contributed by atoms with van der Waals surface area (Å²) in [6, 6.07) is 6.81. The zero-order chi connectivity index (χ0) is 35.7. The summed E-state index contributed by atoms with van der Waals surface area (Å²) in [6.45, 7) is 11.2. The number of fused-ring (bicyclic) bond motifs is 1. The topological polar surface area (TPSA) is 186 Å². The number of halogens is 1. The number of esters is 1. The second-order valence-corrected chi connectivity index (χ2v) is 14.2. The fourth-order valence-corrected chi connectivity index (χ4v) is 6.49. The molecule has 0 amide bonds. The lowest BCUT2D eigenvalue weighted by atomic mass is 10.1. The number of methoxy groups -OCH3 is 1. The first kappa shape index (κ1) is 38.2. The van der Waals surface area contributed by atoms with Gasteiger partial charge in [0.05, 0.1) is 26.1 Å². The average Bonchev–Trinajstić information content (AvgIpc) is 3.65. The van der Waals surface area contributed by atoms with E-state index in [0.717, 1.165) is 0 Å². The number of aromatic nitrogens is 4. The van der Waals surface area contributed by atoms with Crippen LogP contribution in [0.15, 0.2) is 66.7 Å². The zero-order valence-corrected chi connectivity index (χ0v) is 30.6. The Morgan fingerprint density at radius 1 is 1.31 bits per heavy atom. The van der Waals surface area contributed by atoms with Crippen molar-refractivity contribution in [1.29, 1.82) is 0 Å². The van der Waals surface area contributed by atoms with Gasteiger partial charge in [0, 0.05) is 22.8 Å². The Bertz CT molecular complexity index is 1700. The van der Waals surface area contributed by atoms with Gasteiger partial charge in [0.25, 0.3) is 0 Å². The van der Waals surface area contributed by atoms with E-state index >= 15 is 0 Å². The Kier molecular flexibility index (Phi) is 13.5. The smallest absolute Gasteiger partial charge is 0.326 e. The van der Waals surface area contributed by atoms with Crippen LogP contribution in [0.1, 0.15) is 40.3 Å². The molecule has 1 aliphatic rings. The molecule has 1 aliphatic heterocycles.